The zero-order valence-electron chi connectivity index (χ0n) is 8.41. The van der Waals surface area contributed by atoms with Crippen LogP contribution < -0.4 is 9.88 Å². The van der Waals surface area contributed by atoms with Gasteiger partial charge in [0.2, 0.25) is 10.0 Å². The van der Waals surface area contributed by atoms with E-state index in [-0.39, 0.29) is 0 Å². The summed E-state index contributed by atoms with van der Waals surface area (Å²) in [6, 6.07) is 3.96. The SMILES string of the molecule is NS(=O)(=O)c1ccccc1OC(F)(Cl)C(F)(F)F. The summed E-state index contributed by atoms with van der Waals surface area (Å²) in [5.74, 6) is -0.935. The summed E-state index contributed by atoms with van der Waals surface area (Å²) < 4.78 is 75.4. The Balaban J connectivity index is 3.22. The molecule has 0 spiro atoms. The predicted molar refractivity (Wildman–Crippen MR) is 54.2 cm³/mol. The van der Waals surface area contributed by atoms with Crippen molar-refractivity contribution in [1.29, 1.82) is 0 Å². The van der Waals surface area contributed by atoms with Crippen LogP contribution in [0.25, 0.3) is 0 Å². The van der Waals surface area contributed by atoms with E-state index >= 15 is 0 Å². The summed E-state index contributed by atoms with van der Waals surface area (Å²) in [6.45, 7) is 0. The first-order valence-electron chi connectivity index (χ1n) is 4.20. The van der Waals surface area contributed by atoms with Crippen LogP contribution in [0.2, 0.25) is 0 Å². The van der Waals surface area contributed by atoms with E-state index in [0.717, 1.165) is 18.2 Å². The third kappa shape index (κ3) is 3.24. The average molecular weight is 308 g/mol. The molecule has 102 valence electrons. The van der Waals surface area contributed by atoms with Crippen LogP contribution in [-0.2, 0) is 10.0 Å². The van der Waals surface area contributed by atoms with Gasteiger partial charge in [-0.2, -0.15) is 17.6 Å². The van der Waals surface area contributed by atoms with E-state index in [1.54, 1.807) is 0 Å². The van der Waals surface area contributed by atoms with Crippen LogP contribution >= 0.6 is 11.6 Å². The number of rotatable bonds is 3. The van der Waals surface area contributed by atoms with E-state index in [2.05, 4.69) is 16.3 Å². The van der Waals surface area contributed by atoms with Crippen LogP contribution in [-0.4, -0.2) is 19.9 Å². The minimum atomic E-state index is -5.54. The van der Waals surface area contributed by atoms with Gasteiger partial charge in [0, 0.05) is 0 Å². The van der Waals surface area contributed by atoms with Crippen molar-refractivity contribution in [2.45, 2.75) is 16.4 Å². The van der Waals surface area contributed by atoms with Gasteiger partial charge >= 0.3 is 11.5 Å². The molecule has 10 heteroatoms. The number of ether oxygens (including phenoxy) is 1. The maximum Gasteiger partial charge on any atom is 0.477 e. The van der Waals surface area contributed by atoms with Crippen molar-refractivity contribution < 1.29 is 30.7 Å². The number of halogens is 5. The monoisotopic (exact) mass is 307 g/mol. The van der Waals surface area contributed by atoms with E-state index < -0.39 is 32.2 Å². The van der Waals surface area contributed by atoms with Crippen LogP contribution in [0.5, 0.6) is 5.75 Å². The summed E-state index contributed by atoms with van der Waals surface area (Å²) in [5.41, 5.74) is 0. The van der Waals surface area contributed by atoms with Crippen molar-refractivity contribution in [3.8, 4) is 5.75 Å². The van der Waals surface area contributed by atoms with Crippen LogP contribution in [0.1, 0.15) is 0 Å². The molecule has 0 saturated carbocycles. The Morgan fingerprint density at radius 2 is 1.67 bits per heavy atom. The first-order chi connectivity index (χ1) is 7.95. The molecule has 0 radical (unpaired) electrons. The van der Waals surface area contributed by atoms with Crippen LogP contribution in [0.4, 0.5) is 17.6 Å². The van der Waals surface area contributed by atoms with Gasteiger partial charge in [0.25, 0.3) is 0 Å². The summed E-state index contributed by atoms with van der Waals surface area (Å²) in [7, 11) is -4.37. The van der Waals surface area contributed by atoms with Crippen molar-refractivity contribution in [3.05, 3.63) is 24.3 Å². The highest BCUT2D eigenvalue weighted by molar-refractivity contribution is 7.89. The Bertz CT molecular complexity index is 544. The Kier molecular flexibility index (Phi) is 3.80. The van der Waals surface area contributed by atoms with Gasteiger partial charge in [0.15, 0.2) is 0 Å². The lowest BCUT2D eigenvalue weighted by molar-refractivity contribution is -0.261. The van der Waals surface area contributed by atoms with E-state index in [9.17, 15) is 26.0 Å². The quantitative estimate of drug-likeness (QED) is 0.687. The highest BCUT2D eigenvalue weighted by Gasteiger charge is 2.58. The van der Waals surface area contributed by atoms with Gasteiger partial charge in [-0.25, -0.2) is 13.6 Å². The van der Waals surface area contributed by atoms with E-state index in [4.69, 9.17) is 5.14 Å². The Hall–Kier alpha value is -1.06. The first kappa shape index (κ1) is 15.0. The molecule has 1 aromatic rings. The highest BCUT2D eigenvalue weighted by Crippen LogP contribution is 2.40. The molecule has 0 heterocycles. The Labute approximate surface area is 104 Å². The van der Waals surface area contributed by atoms with Crippen molar-refractivity contribution in [2.75, 3.05) is 0 Å². The fourth-order valence-corrected chi connectivity index (χ4v) is 1.71. The molecule has 0 aliphatic carbocycles. The summed E-state index contributed by atoms with van der Waals surface area (Å²) in [4.78, 5) is -0.808. The average Bonchev–Trinajstić information content (AvgIpc) is 2.14. The van der Waals surface area contributed by atoms with Gasteiger partial charge in [-0.05, 0) is 23.7 Å². The van der Waals surface area contributed by atoms with Crippen molar-refractivity contribution >= 4 is 21.6 Å². The topological polar surface area (TPSA) is 69.4 Å². The number of hydrogen-bond acceptors (Lipinski definition) is 3. The molecular weight excluding hydrogens is 302 g/mol. The summed E-state index contributed by atoms with van der Waals surface area (Å²) in [6.07, 6.45) is -5.54. The molecule has 0 fully saturated rings. The van der Waals surface area contributed by atoms with Gasteiger partial charge in [-0.1, -0.05) is 12.1 Å². The molecule has 1 atom stereocenters. The molecule has 1 unspecified atom stereocenters. The van der Waals surface area contributed by atoms with Crippen LogP contribution in [0, 0.1) is 0 Å². The van der Waals surface area contributed by atoms with Gasteiger partial charge in [0.1, 0.15) is 10.6 Å². The molecule has 0 saturated heterocycles. The molecular formula is C8H6ClF4NO3S. The first-order valence-corrected chi connectivity index (χ1v) is 6.13. The minimum absolute atomic E-state index is 0.794. The van der Waals surface area contributed by atoms with E-state index in [1.165, 1.54) is 6.07 Å². The molecule has 0 aromatic heterocycles. The summed E-state index contributed by atoms with van der Waals surface area (Å²) >= 11 is 4.52. The third-order valence-corrected chi connectivity index (χ3v) is 2.97. The number of hydrogen-bond donors (Lipinski definition) is 1. The lowest BCUT2D eigenvalue weighted by Gasteiger charge is -2.22. The smallest absolute Gasteiger partial charge is 0.437 e. The molecule has 18 heavy (non-hydrogen) atoms. The molecule has 0 amide bonds. The maximum atomic E-state index is 13.0. The van der Waals surface area contributed by atoms with Crippen molar-refractivity contribution in [1.82, 2.24) is 0 Å². The molecule has 1 rings (SSSR count). The second kappa shape index (κ2) is 4.56. The van der Waals surface area contributed by atoms with Gasteiger partial charge in [-0.15, -0.1) is 0 Å². The summed E-state index contributed by atoms with van der Waals surface area (Å²) in [5, 5.41) is 0.183. The lowest BCUT2D eigenvalue weighted by atomic mass is 10.3. The van der Waals surface area contributed by atoms with Gasteiger partial charge in [0.05, 0.1) is 0 Å². The predicted octanol–water partition coefficient (Wildman–Crippen LogP) is 2.14. The normalized spacial score (nSPS) is 16.1. The number of para-hydroxylation sites is 1. The molecule has 1 aromatic carbocycles. The maximum absolute atomic E-state index is 13.0. The number of benzene rings is 1. The van der Waals surface area contributed by atoms with E-state index in [1.807, 2.05) is 0 Å². The van der Waals surface area contributed by atoms with Crippen LogP contribution in [0.3, 0.4) is 0 Å². The highest BCUT2D eigenvalue weighted by atomic mass is 35.5. The van der Waals surface area contributed by atoms with Crippen molar-refractivity contribution in [3.63, 3.8) is 0 Å². The zero-order chi connectivity index (χ0) is 14.2. The van der Waals surface area contributed by atoms with Crippen LogP contribution in [0.15, 0.2) is 29.2 Å². The minimum Gasteiger partial charge on any atom is -0.437 e. The molecule has 0 aliphatic heterocycles. The zero-order valence-corrected chi connectivity index (χ0v) is 9.98. The lowest BCUT2D eigenvalue weighted by Crippen LogP contribution is -2.41. The van der Waals surface area contributed by atoms with Gasteiger partial charge in [-0.3, -0.25) is 0 Å². The van der Waals surface area contributed by atoms with E-state index in [0.29, 0.717) is 0 Å². The number of alkyl halides is 5. The Morgan fingerprint density at radius 1 is 1.17 bits per heavy atom. The fourth-order valence-electron chi connectivity index (χ4n) is 0.965. The molecule has 0 aliphatic rings. The van der Waals surface area contributed by atoms with Gasteiger partial charge < -0.3 is 4.74 Å². The molecule has 0 bridgehead atoms. The largest absolute Gasteiger partial charge is 0.477 e. The molecule has 4 nitrogen and oxygen atoms in total. The standard InChI is InChI=1S/C8H6ClF4NO3S/c9-7(10,8(11,12)13)17-5-3-1-2-4-6(5)18(14,15)16/h1-4H,(H2,14,15,16). The third-order valence-electron chi connectivity index (χ3n) is 1.72. The molecule has 2 N–H and O–H groups in total. The number of nitrogens with two attached hydrogens (primary N) is 1. The second-order valence-corrected chi connectivity index (χ2v) is 5.12. The number of sulfonamides is 1. The second-order valence-electron chi connectivity index (χ2n) is 3.11. The van der Waals surface area contributed by atoms with Crippen molar-refractivity contribution in [2.24, 2.45) is 5.14 Å². The number of primary sulfonamides is 1. The Morgan fingerprint density at radius 3 is 2.11 bits per heavy atom. The fraction of sp³-hybridized carbons (Fsp3) is 0.250.